The van der Waals surface area contributed by atoms with Crippen molar-refractivity contribution >= 4 is 30.9 Å². The first-order valence-corrected chi connectivity index (χ1v) is 19.7. The summed E-state index contributed by atoms with van der Waals surface area (Å²) in [5.41, 5.74) is -0.499. The molecule has 1 amide bonds. The number of aliphatic hydroxyl groups is 1. The highest BCUT2D eigenvalue weighted by Crippen LogP contribution is 2.40. The molecule has 0 spiro atoms. The smallest absolute Gasteiger partial charge is 0.407 e. The monoisotopic (exact) mass is 649 g/mol. The second kappa shape index (κ2) is 15.5. The zero-order valence-corrected chi connectivity index (χ0v) is 29.4. The van der Waals surface area contributed by atoms with E-state index in [2.05, 4.69) is 5.32 Å². The van der Waals surface area contributed by atoms with E-state index in [4.69, 9.17) is 14.3 Å². The number of amides is 1. The maximum Gasteiger partial charge on any atom is 0.407 e. The topological polar surface area (TPSA) is 139 Å². The Balaban J connectivity index is 2.54. The highest BCUT2D eigenvalue weighted by molar-refractivity contribution is 7.90. The maximum atomic E-state index is 13.2. The molecule has 11 heteroatoms. The fraction of sp³-hybridized carbons (Fsp3) is 0.576. The highest BCUT2D eigenvalue weighted by Gasteiger charge is 2.47. The quantitative estimate of drug-likeness (QED) is 0.225. The molecule has 44 heavy (non-hydrogen) atoms. The third-order valence-corrected chi connectivity index (χ3v) is 9.80. The summed E-state index contributed by atoms with van der Waals surface area (Å²) in [5, 5.41) is 22.9. The van der Waals surface area contributed by atoms with Crippen LogP contribution in [0.4, 0.5) is 4.79 Å². The Morgan fingerprint density at radius 3 is 1.95 bits per heavy atom. The van der Waals surface area contributed by atoms with Crippen LogP contribution in [-0.2, 0) is 42.4 Å². The number of aliphatic hydroxyl groups excluding tert-OH is 1. The maximum absolute atomic E-state index is 13.2. The molecule has 0 aromatic heterocycles. The standard InChI is InChI=1S/C33H51NO8SSi/c1-31(2,3)27(28(20-24-12-10-9-11-13-24)34-30(38)41-32(4,5)6)22-33(29(36)37,42-44(7)8)21-25-14-16-26(17-15-25)23-43(39,40)19-18-35/h9-17,27-28,35,44H,18-23H2,1-8H3,(H,34,38)(H,36,37)/t27-,28+,33?/m1/s1. The lowest BCUT2D eigenvalue weighted by atomic mass is 9.68. The molecule has 246 valence electrons. The molecule has 0 heterocycles. The van der Waals surface area contributed by atoms with E-state index >= 15 is 0 Å². The van der Waals surface area contributed by atoms with Gasteiger partial charge < -0.3 is 24.7 Å². The Kier molecular flexibility index (Phi) is 13.2. The first-order chi connectivity index (χ1) is 20.2. The average molecular weight is 650 g/mol. The first kappa shape index (κ1) is 37.5. The van der Waals surface area contributed by atoms with Gasteiger partial charge in [-0.2, -0.15) is 0 Å². The minimum absolute atomic E-state index is 0.0637. The summed E-state index contributed by atoms with van der Waals surface area (Å²) >= 11 is 0. The van der Waals surface area contributed by atoms with Gasteiger partial charge in [0.25, 0.3) is 0 Å². The molecule has 3 N–H and O–H groups in total. The third kappa shape index (κ3) is 12.3. The van der Waals surface area contributed by atoms with Crippen LogP contribution in [0.5, 0.6) is 0 Å². The number of carboxylic acids is 1. The molecule has 0 bridgehead atoms. The van der Waals surface area contributed by atoms with E-state index in [9.17, 15) is 23.1 Å². The van der Waals surface area contributed by atoms with Crippen molar-refractivity contribution in [3.8, 4) is 0 Å². The number of carbonyl (C=O) groups is 2. The van der Waals surface area contributed by atoms with Crippen molar-refractivity contribution < 1.29 is 37.4 Å². The van der Waals surface area contributed by atoms with Crippen molar-refractivity contribution in [3.05, 3.63) is 71.3 Å². The van der Waals surface area contributed by atoms with Crippen molar-refractivity contribution in [2.75, 3.05) is 12.4 Å². The summed E-state index contributed by atoms with van der Waals surface area (Å²) in [4.78, 5) is 26.3. The Labute approximate surface area is 265 Å². The summed E-state index contributed by atoms with van der Waals surface area (Å²) < 4.78 is 36.4. The van der Waals surface area contributed by atoms with E-state index in [1.165, 1.54) is 0 Å². The zero-order chi connectivity index (χ0) is 33.3. The Morgan fingerprint density at radius 1 is 0.909 bits per heavy atom. The predicted octanol–water partition coefficient (Wildman–Crippen LogP) is 5.15. The Morgan fingerprint density at radius 2 is 1.48 bits per heavy atom. The van der Waals surface area contributed by atoms with Gasteiger partial charge in [0.2, 0.25) is 0 Å². The van der Waals surface area contributed by atoms with Crippen molar-refractivity contribution in [2.24, 2.45) is 11.3 Å². The third-order valence-electron chi connectivity index (χ3n) is 7.30. The molecular formula is C33H51NO8SSi. The number of rotatable bonds is 15. The van der Waals surface area contributed by atoms with Crippen molar-refractivity contribution in [3.63, 3.8) is 0 Å². The molecule has 2 aromatic carbocycles. The predicted molar refractivity (Wildman–Crippen MR) is 176 cm³/mol. The molecule has 0 saturated heterocycles. The number of sulfone groups is 1. The highest BCUT2D eigenvalue weighted by atomic mass is 32.2. The van der Waals surface area contributed by atoms with Gasteiger partial charge in [0.05, 0.1) is 18.1 Å². The van der Waals surface area contributed by atoms with Gasteiger partial charge in [-0.15, -0.1) is 0 Å². The average Bonchev–Trinajstić information content (AvgIpc) is 2.86. The largest absolute Gasteiger partial charge is 0.479 e. The minimum atomic E-state index is -3.46. The molecule has 9 nitrogen and oxygen atoms in total. The lowest BCUT2D eigenvalue weighted by Crippen LogP contribution is -2.54. The van der Waals surface area contributed by atoms with Gasteiger partial charge in [-0.1, -0.05) is 75.4 Å². The van der Waals surface area contributed by atoms with E-state index in [-0.39, 0.29) is 30.3 Å². The summed E-state index contributed by atoms with van der Waals surface area (Å²) in [6.45, 7) is 14.9. The molecule has 0 aliphatic carbocycles. The number of ether oxygens (including phenoxy) is 1. The van der Waals surface area contributed by atoms with Crippen LogP contribution in [0.15, 0.2) is 54.6 Å². The van der Waals surface area contributed by atoms with E-state index in [1.807, 2.05) is 64.2 Å². The normalized spacial score (nSPS) is 15.3. The number of hydrogen-bond acceptors (Lipinski definition) is 7. The van der Waals surface area contributed by atoms with E-state index in [1.54, 1.807) is 45.0 Å². The van der Waals surface area contributed by atoms with E-state index in [0.29, 0.717) is 17.5 Å². The molecule has 0 radical (unpaired) electrons. The first-order valence-electron chi connectivity index (χ1n) is 15.1. The van der Waals surface area contributed by atoms with Gasteiger partial charge >= 0.3 is 12.1 Å². The SMILES string of the molecule is C[SiH](C)OC(Cc1ccc(CS(=O)(=O)CCO)cc1)(C[C@H]([C@H](Cc1ccccc1)NC(=O)OC(C)(C)C)C(C)(C)C)C(=O)O. The molecule has 2 aromatic rings. The number of aliphatic carboxylic acids is 1. The molecule has 3 atom stereocenters. The van der Waals surface area contributed by atoms with Crippen LogP contribution in [0.3, 0.4) is 0 Å². The van der Waals surface area contributed by atoms with Crippen LogP contribution in [0.25, 0.3) is 0 Å². The summed E-state index contributed by atoms with van der Waals surface area (Å²) in [6.07, 6.45) is 0.0819. The second-order valence-corrected chi connectivity index (χ2v) is 18.4. The van der Waals surface area contributed by atoms with Gasteiger partial charge in [-0.25, -0.2) is 18.0 Å². The molecule has 0 aliphatic rings. The molecular weight excluding hydrogens is 599 g/mol. The number of nitrogens with one attached hydrogen (secondary N) is 1. The van der Waals surface area contributed by atoms with Crippen LogP contribution >= 0.6 is 0 Å². The van der Waals surface area contributed by atoms with Crippen molar-refractivity contribution in [1.29, 1.82) is 0 Å². The number of carbonyl (C=O) groups excluding carboxylic acids is 1. The van der Waals surface area contributed by atoms with E-state index < -0.39 is 60.2 Å². The van der Waals surface area contributed by atoms with Crippen LogP contribution in [0.2, 0.25) is 13.1 Å². The molecule has 1 unspecified atom stereocenters. The number of carboxylic acid groups (broad SMARTS) is 1. The lowest BCUT2D eigenvalue weighted by molar-refractivity contribution is -0.158. The minimum Gasteiger partial charge on any atom is -0.479 e. The van der Waals surface area contributed by atoms with Crippen molar-refractivity contribution in [1.82, 2.24) is 5.32 Å². The fourth-order valence-electron chi connectivity index (χ4n) is 5.40. The van der Waals surface area contributed by atoms with Crippen LogP contribution < -0.4 is 5.32 Å². The Bertz CT molecular complexity index is 1320. The lowest BCUT2D eigenvalue weighted by Gasteiger charge is -2.43. The number of alkyl carbamates (subject to hydrolysis) is 1. The Hall–Kier alpha value is -2.73. The molecule has 0 saturated carbocycles. The van der Waals surface area contributed by atoms with Gasteiger partial charge in [0, 0.05) is 12.5 Å². The number of benzene rings is 2. The van der Waals surface area contributed by atoms with Crippen LogP contribution in [0.1, 0.15) is 64.7 Å². The summed E-state index contributed by atoms with van der Waals surface area (Å²) in [7, 11) is -5.36. The van der Waals surface area contributed by atoms with Gasteiger partial charge in [0.1, 0.15) is 5.60 Å². The van der Waals surface area contributed by atoms with Gasteiger partial charge in [0.15, 0.2) is 24.5 Å². The molecule has 0 fully saturated rings. The summed E-state index contributed by atoms with van der Waals surface area (Å²) in [6, 6.07) is 16.1. The van der Waals surface area contributed by atoms with Crippen molar-refractivity contribution in [2.45, 2.75) is 96.9 Å². The number of hydrogen-bond donors (Lipinski definition) is 3. The summed E-state index contributed by atoms with van der Waals surface area (Å²) in [5.74, 6) is -1.96. The van der Waals surface area contributed by atoms with Gasteiger partial charge in [-0.05, 0) is 74.7 Å². The van der Waals surface area contributed by atoms with E-state index in [0.717, 1.165) is 5.56 Å². The molecule has 2 rings (SSSR count). The molecule has 0 aliphatic heterocycles. The van der Waals surface area contributed by atoms with Crippen LogP contribution in [-0.4, -0.2) is 69.3 Å². The second-order valence-electron chi connectivity index (χ2n) is 13.9. The fourth-order valence-corrected chi connectivity index (χ4v) is 7.71. The zero-order valence-electron chi connectivity index (χ0n) is 27.4. The van der Waals surface area contributed by atoms with Gasteiger partial charge in [-0.3, -0.25) is 0 Å². The van der Waals surface area contributed by atoms with Crippen LogP contribution in [0, 0.1) is 11.3 Å².